The Morgan fingerprint density at radius 1 is 1.40 bits per heavy atom. The largest absolute Gasteiger partial charge is 0.370 e. The van der Waals surface area contributed by atoms with Crippen LogP contribution in [-0.4, -0.2) is 21.0 Å². The second-order valence-corrected chi connectivity index (χ2v) is 4.15. The minimum atomic E-state index is -0.523. The molecule has 0 fully saturated rings. The van der Waals surface area contributed by atoms with Crippen molar-refractivity contribution in [3.63, 3.8) is 0 Å². The van der Waals surface area contributed by atoms with Crippen LogP contribution in [0.3, 0.4) is 0 Å². The third-order valence-corrected chi connectivity index (χ3v) is 2.75. The zero-order valence-corrected chi connectivity index (χ0v) is 10.9. The van der Waals surface area contributed by atoms with E-state index < -0.39 is 4.92 Å². The normalized spacial score (nSPS) is 10.2. The van der Waals surface area contributed by atoms with Gasteiger partial charge in [0.25, 0.3) is 11.2 Å². The molecule has 0 aliphatic carbocycles. The van der Waals surface area contributed by atoms with Crippen molar-refractivity contribution in [2.45, 2.75) is 13.5 Å². The smallest absolute Gasteiger partial charge is 0.285 e. The minimum absolute atomic E-state index is 0.113. The van der Waals surface area contributed by atoms with Crippen LogP contribution >= 0.6 is 0 Å². The van der Waals surface area contributed by atoms with E-state index in [9.17, 15) is 14.9 Å². The fraction of sp³-hybridized carbons (Fsp3) is 0.231. The van der Waals surface area contributed by atoms with E-state index in [0.717, 1.165) is 5.56 Å². The quantitative estimate of drug-likeness (QED) is 0.661. The van der Waals surface area contributed by atoms with Crippen molar-refractivity contribution >= 4 is 11.5 Å². The molecule has 1 N–H and O–H groups in total. The highest BCUT2D eigenvalue weighted by Gasteiger charge is 2.10. The van der Waals surface area contributed by atoms with E-state index in [-0.39, 0.29) is 17.8 Å². The summed E-state index contributed by atoms with van der Waals surface area (Å²) in [7, 11) is 0. The van der Waals surface area contributed by atoms with Crippen molar-refractivity contribution in [3.8, 4) is 0 Å². The lowest BCUT2D eigenvalue weighted by Crippen LogP contribution is -2.20. The van der Waals surface area contributed by atoms with E-state index in [1.165, 1.54) is 22.9 Å². The van der Waals surface area contributed by atoms with Crippen LogP contribution in [0.2, 0.25) is 0 Å². The molecule has 0 unspecified atom stereocenters. The van der Waals surface area contributed by atoms with Gasteiger partial charge in [0.15, 0.2) is 0 Å². The number of hydrogen-bond donors (Lipinski definition) is 1. The van der Waals surface area contributed by atoms with Crippen molar-refractivity contribution in [2.24, 2.45) is 0 Å². The number of nitrogens with zero attached hydrogens (tertiary/aromatic N) is 3. The molecular formula is C13H14N4O3. The van der Waals surface area contributed by atoms with Gasteiger partial charge in [0.2, 0.25) is 0 Å². The van der Waals surface area contributed by atoms with Crippen molar-refractivity contribution < 1.29 is 4.92 Å². The third-order valence-electron chi connectivity index (χ3n) is 2.75. The van der Waals surface area contributed by atoms with E-state index in [1.807, 2.05) is 13.0 Å². The number of nitro groups is 1. The van der Waals surface area contributed by atoms with Crippen molar-refractivity contribution in [1.29, 1.82) is 0 Å². The maximum absolute atomic E-state index is 11.8. The molecule has 20 heavy (non-hydrogen) atoms. The van der Waals surface area contributed by atoms with Gasteiger partial charge >= 0.3 is 0 Å². The summed E-state index contributed by atoms with van der Waals surface area (Å²) in [5.41, 5.74) is 0.400. The van der Waals surface area contributed by atoms with Crippen LogP contribution in [0, 0.1) is 10.1 Å². The number of nitrogens with one attached hydrogen (secondary N) is 1. The number of aromatic nitrogens is 2. The number of rotatable bonds is 5. The van der Waals surface area contributed by atoms with Gasteiger partial charge < -0.3 is 9.88 Å². The first-order valence-corrected chi connectivity index (χ1v) is 6.14. The Hall–Kier alpha value is -2.70. The van der Waals surface area contributed by atoms with Gasteiger partial charge in [-0.2, -0.15) is 0 Å². The van der Waals surface area contributed by atoms with E-state index in [1.54, 1.807) is 12.3 Å². The van der Waals surface area contributed by atoms with Gasteiger partial charge in [-0.3, -0.25) is 14.9 Å². The molecule has 0 saturated carbocycles. The molecule has 7 heteroatoms. The Labute approximate surface area is 115 Å². The first-order chi connectivity index (χ1) is 9.61. The maximum Gasteiger partial charge on any atom is 0.285 e. The van der Waals surface area contributed by atoms with Crippen LogP contribution in [-0.2, 0) is 6.54 Å². The fourth-order valence-corrected chi connectivity index (χ4v) is 1.83. The fourth-order valence-electron chi connectivity index (χ4n) is 1.83. The Kier molecular flexibility index (Phi) is 4.09. The molecule has 104 valence electrons. The van der Waals surface area contributed by atoms with Crippen LogP contribution in [0.1, 0.15) is 12.5 Å². The second kappa shape index (κ2) is 5.96. The Morgan fingerprint density at radius 3 is 2.90 bits per heavy atom. The van der Waals surface area contributed by atoms with Crippen molar-refractivity contribution in [3.05, 3.63) is 62.7 Å². The van der Waals surface area contributed by atoms with E-state index in [2.05, 4.69) is 10.3 Å². The average molecular weight is 274 g/mol. The molecule has 0 saturated heterocycles. The lowest BCUT2D eigenvalue weighted by molar-refractivity contribution is -0.385. The molecule has 0 aromatic carbocycles. The number of hydrogen-bond acceptors (Lipinski definition) is 5. The highest BCUT2D eigenvalue weighted by molar-refractivity contribution is 5.43. The summed E-state index contributed by atoms with van der Waals surface area (Å²) in [5, 5.41) is 13.8. The Bertz CT molecular complexity index is 681. The van der Waals surface area contributed by atoms with Gasteiger partial charge in [0, 0.05) is 30.4 Å². The molecule has 0 radical (unpaired) electrons. The SMILES string of the molecule is CCNc1ncccc1Cn1cc([N+](=O)[O-])ccc1=O. The molecule has 0 atom stereocenters. The van der Waals surface area contributed by atoms with Gasteiger partial charge in [-0.25, -0.2) is 4.98 Å². The molecule has 2 heterocycles. The Morgan fingerprint density at radius 2 is 2.20 bits per heavy atom. The van der Waals surface area contributed by atoms with Crippen LogP contribution in [0.5, 0.6) is 0 Å². The molecule has 2 rings (SSSR count). The summed E-state index contributed by atoms with van der Waals surface area (Å²) >= 11 is 0. The molecule has 0 aliphatic heterocycles. The summed E-state index contributed by atoms with van der Waals surface area (Å²) in [6.07, 6.45) is 2.89. The first kappa shape index (κ1) is 13.7. The van der Waals surface area contributed by atoms with Crippen LogP contribution < -0.4 is 10.9 Å². The summed E-state index contributed by atoms with van der Waals surface area (Å²) in [4.78, 5) is 26.2. The van der Waals surface area contributed by atoms with E-state index in [4.69, 9.17) is 0 Å². The summed E-state index contributed by atoms with van der Waals surface area (Å²) in [6.45, 7) is 2.88. The third kappa shape index (κ3) is 3.00. The molecule has 0 amide bonds. The highest BCUT2D eigenvalue weighted by atomic mass is 16.6. The van der Waals surface area contributed by atoms with Gasteiger partial charge in [0.1, 0.15) is 5.82 Å². The van der Waals surface area contributed by atoms with Crippen molar-refractivity contribution in [1.82, 2.24) is 9.55 Å². The standard InChI is InChI=1S/C13H14N4O3/c1-2-14-13-10(4-3-7-15-13)8-16-9-11(17(19)20)5-6-12(16)18/h3-7,9H,2,8H2,1H3,(H,14,15). The summed E-state index contributed by atoms with van der Waals surface area (Å²) in [6, 6.07) is 5.99. The topological polar surface area (TPSA) is 90.1 Å². The molecule has 7 nitrogen and oxygen atoms in total. The summed E-state index contributed by atoms with van der Waals surface area (Å²) < 4.78 is 1.30. The summed E-state index contributed by atoms with van der Waals surface area (Å²) in [5.74, 6) is 0.674. The lowest BCUT2D eigenvalue weighted by atomic mass is 10.2. The van der Waals surface area contributed by atoms with Crippen LogP contribution in [0.25, 0.3) is 0 Å². The molecule has 0 spiro atoms. The van der Waals surface area contributed by atoms with E-state index in [0.29, 0.717) is 12.4 Å². The minimum Gasteiger partial charge on any atom is -0.370 e. The van der Waals surface area contributed by atoms with E-state index >= 15 is 0 Å². The zero-order valence-electron chi connectivity index (χ0n) is 10.9. The lowest BCUT2D eigenvalue weighted by Gasteiger charge is -2.10. The molecule has 2 aromatic rings. The van der Waals surface area contributed by atoms with Gasteiger partial charge in [0.05, 0.1) is 17.7 Å². The predicted molar refractivity (Wildman–Crippen MR) is 74.9 cm³/mol. The molecular weight excluding hydrogens is 260 g/mol. The molecule has 0 aliphatic rings. The van der Waals surface area contributed by atoms with Crippen LogP contribution in [0.4, 0.5) is 11.5 Å². The second-order valence-electron chi connectivity index (χ2n) is 4.15. The van der Waals surface area contributed by atoms with Crippen LogP contribution in [0.15, 0.2) is 41.5 Å². The Balaban J connectivity index is 2.37. The zero-order chi connectivity index (χ0) is 14.5. The highest BCUT2D eigenvalue weighted by Crippen LogP contribution is 2.14. The monoisotopic (exact) mass is 274 g/mol. The molecule has 2 aromatic heterocycles. The maximum atomic E-state index is 11.8. The molecule has 0 bridgehead atoms. The first-order valence-electron chi connectivity index (χ1n) is 6.14. The van der Waals surface area contributed by atoms with Gasteiger partial charge in [-0.1, -0.05) is 6.07 Å². The van der Waals surface area contributed by atoms with Crippen molar-refractivity contribution in [2.75, 3.05) is 11.9 Å². The van der Waals surface area contributed by atoms with Gasteiger partial charge in [-0.15, -0.1) is 0 Å². The number of anilines is 1. The van der Waals surface area contributed by atoms with Gasteiger partial charge in [-0.05, 0) is 13.0 Å². The average Bonchev–Trinajstić information content (AvgIpc) is 2.43. The predicted octanol–water partition coefficient (Wildman–Crippen LogP) is 1.63. The number of pyridine rings is 2.